The smallest absolute Gasteiger partial charge is 0.295 e. The summed E-state index contributed by atoms with van der Waals surface area (Å²) in [6.07, 6.45) is 0. The number of fused-ring (bicyclic) bond motifs is 1. The molecule has 0 saturated carbocycles. The first-order valence-corrected chi connectivity index (χ1v) is 6.72. The fraction of sp³-hybridized carbons (Fsp3) is 0.0625. The molecule has 1 aromatic heterocycles. The first-order chi connectivity index (χ1) is 11.1. The molecule has 0 radical (unpaired) electrons. The summed E-state index contributed by atoms with van der Waals surface area (Å²) in [5.74, 6) is -0.116. The number of aromatic nitrogens is 1. The van der Waals surface area contributed by atoms with E-state index in [1.165, 1.54) is 31.4 Å². The molecule has 0 aliphatic carbocycles. The Bertz CT molecular complexity index is 898. The maximum Gasteiger partial charge on any atom is 0.295 e. The van der Waals surface area contributed by atoms with Gasteiger partial charge < -0.3 is 19.9 Å². The van der Waals surface area contributed by atoms with Gasteiger partial charge in [-0.2, -0.15) is 0 Å². The first kappa shape index (κ1) is 14.6. The summed E-state index contributed by atoms with van der Waals surface area (Å²) in [4.78, 5) is 14.7. The quantitative estimate of drug-likeness (QED) is 0.643. The van der Waals surface area contributed by atoms with Crippen LogP contribution in [0, 0.1) is 0 Å². The van der Waals surface area contributed by atoms with Crippen LogP contribution in [0.25, 0.3) is 10.9 Å². The molecule has 2 aromatic carbocycles. The largest absolute Gasteiger partial charge is 0.508 e. The van der Waals surface area contributed by atoms with Crippen LogP contribution in [-0.4, -0.2) is 28.2 Å². The number of amides is 1. The molecule has 0 fully saturated rings. The number of benzene rings is 2. The molecule has 0 saturated heterocycles. The number of aromatic hydroxyl groups is 2. The highest BCUT2D eigenvalue weighted by atomic mass is 16.5. The van der Waals surface area contributed by atoms with Gasteiger partial charge in [-0.3, -0.25) is 4.79 Å². The summed E-state index contributed by atoms with van der Waals surface area (Å²) in [7, 11) is 1.53. The van der Waals surface area contributed by atoms with E-state index in [1.54, 1.807) is 18.2 Å². The van der Waals surface area contributed by atoms with Gasteiger partial charge in [0.2, 0.25) is 5.88 Å². The summed E-state index contributed by atoms with van der Waals surface area (Å²) >= 11 is 0. The van der Waals surface area contributed by atoms with E-state index < -0.39 is 5.91 Å². The maximum atomic E-state index is 12.0. The van der Waals surface area contributed by atoms with Gasteiger partial charge in [0.25, 0.3) is 5.91 Å². The number of hydrogen-bond acceptors (Lipinski definition) is 5. The molecular weight excluding hydrogens is 298 g/mol. The highest BCUT2D eigenvalue weighted by molar-refractivity contribution is 5.97. The molecule has 0 spiro atoms. The third kappa shape index (κ3) is 2.84. The van der Waals surface area contributed by atoms with Crippen molar-refractivity contribution >= 4 is 22.5 Å². The lowest BCUT2D eigenvalue weighted by Gasteiger charge is -1.98. The summed E-state index contributed by atoms with van der Waals surface area (Å²) in [5.41, 5.74) is 1.09. The lowest BCUT2D eigenvalue weighted by molar-refractivity contribution is 0.0995. The Morgan fingerprint density at radius 1 is 1.13 bits per heavy atom. The van der Waals surface area contributed by atoms with Crippen LogP contribution in [0.2, 0.25) is 0 Å². The average molecular weight is 311 g/mol. The number of azo groups is 1. The first-order valence-electron chi connectivity index (χ1n) is 6.72. The van der Waals surface area contributed by atoms with E-state index >= 15 is 0 Å². The second-order valence-electron chi connectivity index (χ2n) is 4.79. The standard InChI is InChI=1S/C16H13N3O4/c1-23-11-6-7-13-12(8-11)14(16(22)17-13)18-19-15(21)9-2-4-10(20)5-3-9/h2-8,17,20,22H,1H3. The number of nitrogens with zero attached hydrogens (tertiary/aromatic N) is 2. The molecule has 3 N–H and O–H groups in total. The van der Waals surface area contributed by atoms with Crippen LogP contribution < -0.4 is 4.74 Å². The van der Waals surface area contributed by atoms with Crippen molar-refractivity contribution in [2.24, 2.45) is 10.2 Å². The van der Waals surface area contributed by atoms with Crippen molar-refractivity contribution < 1.29 is 19.7 Å². The van der Waals surface area contributed by atoms with Crippen LogP contribution in [0.3, 0.4) is 0 Å². The van der Waals surface area contributed by atoms with Crippen LogP contribution in [0.1, 0.15) is 10.4 Å². The molecule has 0 aliphatic rings. The molecule has 7 nitrogen and oxygen atoms in total. The van der Waals surface area contributed by atoms with Crippen LogP contribution >= 0.6 is 0 Å². The zero-order valence-corrected chi connectivity index (χ0v) is 12.1. The highest BCUT2D eigenvalue weighted by Gasteiger charge is 2.12. The Labute approximate surface area is 130 Å². The Kier molecular flexibility index (Phi) is 3.68. The van der Waals surface area contributed by atoms with Gasteiger partial charge in [0.1, 0.15) is 11.5 Å². The Balaban J connectivity index is 1.95. The van der Waals surface area contributed by atoms with Crippen molar-refractivity contribution in [3.63, 3.8) is 0 Å². The number of rotatable bonds is 3. The van der Waals surface area contributed by atoms with E-state index in [9.17, 15) is 15.0 Å². The fourth-order valence-corrected chi connectivity index (χ4v) is 2.13. The summed E-state index contributed by atoms with van der Waals surface area (Å²) in [6, 6.07) is 10.8. The predicted molar refractivity (Wildman–Crippen MR) is 83.5 cm³/mol. The number of H-pyrrole nitrogens is 1. The lowest BCUT2D eigenvalue weighted by atomic mass is 10.2. The molecule has 0 atom stereocenters. The SMILES string of the molecule is COc1ccc2[nH]c(O)c(N=NC(=O)c3ccc(O)cc3)c2c1. The van der Waals surface area contributed by atoms with Crippen LogP contribution in [0.15, 0.2) is 52.7 Å². The molecule has 1 heterocycles. The monoisotopic (exact) mass is 311 g/mol. The van der Waals surface area contributed by atoms with Gasteiger partial charge in [-0.05, 0) is 42.5 Å². The highest BCUT2D eigenvalue weighted by Crippen LogP contribution is 2.37. The third-order valence-corrected chi connectivity index (χ3v) is 3.31. The van der Waals surface area contributed by atoms with E-state index in [0.717, 1.165) is 0 Å². The predicted octanol–water partition coefficient (Wildman–Crippen LogP) is 3.51. The molecule has 3 rings (SSSR count). The van der Waals surface area contributed by atoms with Crippen molar-refractivity contribution in [3.05, 3.63) is 48.0 Å². The zero-order chi connectivity index (χ0) is 16.4. The number of carbonyl (C=O) groups excluding carboxylic acids is 1. The minimum atomic E-state index is -0.582. The minimum Gasteiger partial charge on any atom is -0.508 e. The number of nitrogens with one attached hydrogen (secondary N) is 1. The maximum absolute atomic E-state index is 12.0. The van der Waals surface area contributed by atoms with Crippen molar-refractivity contribution in [1.82, 2.24) is 4.98 Å². The van der Waals surface area contributed by atoms with Gasteiger partial charge >= 0.3 is 0 Å². The molecule has 0 aliphatic heterocycles. The van der Waals surface area contributed by atoms with Crippen molar-refractivity contribution in [2.45, 2.75) is 0 Å². The molecule has 116 valence electrons. The fourth-order valence-electron chi connectivity index (χ4n) is 2.13. The van der Waals surface area contributed by atoms with Gasteiger partial charge in [-0.1, -0.05) is 0 Å². The molecule has 3 aromatic rings. The number of phenols is 1. The van der Waals surface area contributed by atoms with E-state index in [2.05, 4.69) is 15.2 Å². The Morgan fingerprint density at radius 2 is 1.87 bits per heavy atom. The molecule has 0 unspecified atom stereocenters. The normalized spacial score (nSPS) is 11.2. The van der Waals surface area contributed by atoms with Gasteiger partial charge in [0, 0.05) is 10.9 Å². The van der Waals surface area contributed by atoms with E-state index in [4.69, 9.17) is 4.74 Å². The Morgan fingerprint density at radius 3 is 2.57 bits per heavy atom. The van der Waals surface area contributed by atoms with E-state index in [0.29, 0.717) is 16.7 Å². The second kappa shape index (κ2) is 5.80. The topological polar surface area (TPSA) is 107 Å². The minimum absolute atomic E-state index is 0.0554. The molecular formula is C16H13N3O4. The molecule has 23 heavy (non-hydrogen) atoms. The van der Waals surface area contributed by atoms with Gasteiger partial charge in [0.15, 0.2) is 5.69 Å². The van der Waals surface area contributed by atoms with E-state index in [-0.39, 0.29) is 22.9 Å². The third-order valence-electron chi connectivity index (χ3n) is 3.31. The number of hydrogen-bond donors (Lipinski definition) is 3. The van der Waals surface area contributed by atoms with Gasteiger partial charge in [0.05, 0.1) is 12.6 Å². The van der Waals surface area contributed by atoms with Crippen LogP contribution in [0.5, 0.6) is 17.4 Å². The summed E-state index contributed by atoms with van der Waals surface area (Å²) in [5, 5.41) is 27.2. The number of methoxy groups -OCH3 is 1. The molecule has 7 heteroatoms. The number of carbonyl (C=O) groups is 1. The van der Waals surface area contributed by atoms with Gasteiger partial charge in [-0.25, -0.2) is 0 Å². The van der Waals surface area contributed by atoms with E-state index in [1.807, 2.05) is 0 Å². The molecule has 0 bridgehead atoms. The second-order valence-corrected chi connectivity index (χ2v) is 4.79. The van der Waals surface area contributed by atoms with Crippen molar-refractivity contribution in [2.75, 3.05) is 7.11 Å². The number of phenolic OH excluding ortho intramolecular Hbond substituents is 1. The Hall–Kier alpha value is -3.35. The van der Waals surface area contributed by atoms with Crippen molar-refractivity contribution in [3.8, 4) is 17.4 Å². The number of aromatic amines is 1. The summed E-state index contributed by atoms with van der Waals surface area (Å²) < 4.78 is 5.13. The summed E-state index contributed by atoms with van der Waals surface area (Å²) in [6.45, 7) is 0. The van der Waals surface area contributed by atoms with Crippen LogP contribution in [-0.2, 0) is 0 Å². The number of ether oxygens (including phenoxy) is 1. The van der Waals surface area contributed by atoms with Crippen molar-refractivity contribution in [1.29, 1.82) is 0 Å². The zero-order valence-electron chi connectivity index (χ0n) is 12.1. The van der Waals surface area contributed by atoms with Gasteiger partial charge in [-0.15, -0.1) is 10.2 Å². The van der Waals surface area contributed by atoms with Crippen LogP contribution in [0.4, 0.5) is 5.69 Å². The average Bonchev–Trinajstić information content (AvgIpc) is 2.87. The lowest BCUT2D eigenvalue weighted by Crippen LogP contribution is -1.92. The molecule has 1 amide bonds.